The van der Waals surface area contributed by atoms with Gasteiger partial charge in [0, 0.05) is 16.8 Å². The molecule has 1 aliphatic heterocycles. The van der Waals surface area contributed by atoms with Crippen LogP contribution in [0.1, 0.15) is 27.8 Å². The van der Waals surface area contributed by atoms with Crippen LogP contribution in [0.15, 0.2) is 18.2 Å². The number of nitrogens with two attached hydrogens (primary N) is 1. The Morgan fingerprint density at radius 1 is 1.00 bits per heavy atom. The van der Waals surface area contributed by atoms with E-state index in [-0.39, 0.29) is 0 Å². The third kappa shape index (κ3) is 2.00. The average molecular weight is 283 g/mol. The Kier molecular flexibility index (Phi) is 3.38. The van der Waals surface area contributed by atoms with E-state index in [1.54, 1.807) is 7.11 Å². The molecule has 3 rings (SSSR count). The summed E-state index contributed by atoms with van der Waals surface area (Å²) in [5.74, 6) is 0.864. The van der Waals surface area contributed by atoms with Crippen molar-refractivity contribution in [1.29, 1.82) is 0 Å². The fraction of sp³-hybridized carbons (Fsp3) is 0.333. The van der Waals surface area contributed by atoms with Gasteiger partial charge in [0.2, 0.25) is 0 Å². The van der Waals surface area contributed by atoms with E-state index in [1.807, 2.05) is 12.1 Å². The Morgan fingerprint density at radius 3 is 2.33 bits per heavy atom. The molecule has 0 bridgehead atoms. The number of benzene rings is 2. The molecule has 0 aromatic heterocycles. The van der Waals surface area contributed by atoms with Crippen LogP contribution in [0, 0.1) is 20.8 Å². The Hall–Kier alpha value is -2.00. The van der Waals surface area contributed by atoms with E-state index in [0.717, 1.165) is 28.1 Å². The largest absolute Gasteiger partial charge is 0.496 e. The molecule has 2 aromatic rings. The summed E-state index contributed by atoms with van der Waals surface area (Å²) < 4.78 is 11.2. The monoisotopic (exact) mass is 283 g/mol. The second-order valence-corrected chi connectivity index (χ2v) is 5.64. The zero-order chi connectivity index (χ0) is 15.1. The van der Waals surface area contributed by atoms with Gasteiger partial charge < -0.3 is 15.2 Å². The first-order valence-electron chi connectivity index (χ1n) is 7.18. The predicted octanol–water partition coefficient (Wildman–Crippen LogP) is 3.90. The molecule has 0 spiro atoms. The molecule has 0 atom stereocenters. The molecule has 0 aliphatic carbocycles. The van der Waals surface area contributed by atoms with Crippen LogP contribution in [0.4, 0.5) is 5.69 Å². The topological polar surface area (TPSA) is 44.5 Å². The maximum absolute atomic E-state index is 6.47. The molecule has 3 nitrogen and oxygen atoms in total. The van der Waals surface area contributed by atoms with Crippen LogP contribution in [0.25, 0.3) is 11.1 Å². The Bertz CT molecular complexity index is 720. The number of hydrogen-bond donors (Lipinski definition) is 1. The molecule has 0 fully saturated rings. The lowest BCUT2D eigenvalue weighted by atomic mass is 9.87. The highest BCUT2D eigenvalue weighted by molar-refractivity contribution is 5.88. The molecule has 2 aromatic carbocycles. The average Bonchev–Trinajstić information content (AvgIpc) is 2.96. The van der Waals surface area contributed by atoms with Gasteiger partial charge in [-0.15, -0.1) is 0 Å². The van der Waals surface area contributed by atoms with Gasteiger partial charge in [0.05, 0.1) is 20.3 Å². The molecule has 0 saturated carbocycles. The van der Waals surface area contributed by atoms with Crippen molar-refractivity contribution in [3.05, 3.63) is 46.0 Å². The minimum Gasteiger partial charge on any atom is -0.496 e. The number of methoxy groups -OCH3 is 1. The molecule has 1 heterocycles. The smallest absolute Gasteiger partial charge is 0.127 e. The third-order valence-corrected chi connectivity index (χ3v) is 4.52. The van der Waals surface area contributed by atoms with Gasteiger partial charge >= 0.3 is 0 Å². The number of anilines is 1. The molecule has 3 heteroatoms. The van der Waals surface area contributed by atoms with Crippen molar-refractivity contribution in [2.24, 2.45) is 0 Å². The second kappa shape index (κ2) is 5.08. The lowest BCUT2D eigenvalue weighted by molar-refractivity contribution is 0.134. The van der Waals surface area contributed by atoms with Gasteiger partial charge in [0.25, 0.3) is 0 Å². The minimum absolute atomic E-state index is 0.664. The van der Waals surface area contributed by atoms with Crippen molar-refractivity contribution >= 4 is 5.69 Å². The van der Waals surface area contributed by atoms with Crippen molar-refractivity contribution in [3.63, 3.8) is 0 Å². The van der Waals surface area contributed by atoms with Crippen LogP contribution >= 0.6 is 0 Å². The standard InChI is InChI=1S/C18H21NO2/c1-10-6-5-7-15(20-4)16(10)17-11(2)13-8-21-9-14(13)12(3)18(17)19/h5-7H,8-9,19H2,1-4H3. The van der Waals surface area contributed by atoms with Crippen LogP contribution in [0.2, 0.25) is 0 Å². The summed E-state index contributed by atoms with van der Waals surface area (Å²) in [6.07, 6.45) is 0. The molecular weight excluding hydrogens is 262 g/mol. The van der Waals surface area contributed by atoms with Crippen molar-refractivity contribution in [3.8, 4) is 16.9 Å². The zero-order valence-corrected chi connectivity index (χ0v) is 13.0. The van der Waals surface area contributed by atoms with E-state index in [1.165, 1.54) is 22.3 Å². The first kappa shape index (κ1) is 14.0. The van der Waals surface area contributed by atoms with Crippen LogP contribution in [0.5, 0.6) is 5.75 Å². The Labute approximate surface area is 125 Å². The van der Waals surface area contributed by atoms with E-state index in [9.17, 15) is 0 Å². The Balaban J connectivity index is 2.37. The van der Waals surface area contributed by atoms with E-state index in [0.29, 0.717) is 13.2 Å². The van der Waals surface area contributed by atoms with Crippen molar-refractivity contribution in [2.75, 3.05) is 12.8 Å². The summed E-state index contributed by atoms with van der Waals surface area (Å²) >= 11 is 0. The molecule has 21 heavy (non-hydrogen) atoms. The van der Waals surface area contributed by atoms with Gasteiger partial charge in [-0.05, 0) is 54.7 Å². The number of rotatable bonds is 2. The lowest BCUT2D eigenvalue weighted by Crippen LogP contribution is -2.04. The van der Waals surface area contributed by atoms with Gasteiger partial charge in [0.15, 0.2) is 0 Å². The fourth-order valence-electron chi connectivity index (χ4n) is 3.25. The molecule has 0 unspecified atom stereocenters. The molecule has 0 radical (unpaired) electrons. The SMILES string of the molecule is COc1cccc(C)c1-c1c(C)c2c(c(C)c1N)COC2. The lowest BCUT2D eigenvalue weighted by Gasteiger charge is -2.20. The molecule has 0 amide bonds. The Morgan fingerprint density at radius 2 is 1.67 bits per heavy atom. The molecular formula is C18H21NO2. The van der Waals surface area contributed by atoms with E-state index < -0.39 is 0 Å². The predicted molar refractivity (Wildman–Crippen MR) is 85.5 cm³/mol. The summed E-state index contributed by atoms with van der Waals surface area (Å²) in [5.41, 5.74) is 15.5. The third-order valence-electron chi connectivity index (χ3n) is 4.52. The van der Waals surface area contributed by atoms with Crippen molar-refractivity contribution in [2.45, 2.75) is 34.0 Å². The maximum Gasteiger partial charge on any atom is 0.127 e. The summed E-state index contributed by atoms with van der Waals surface area (Å²) in [5, 5.41) is 0. The van der Waals surface area contributed by atoms with E-state index in [2.05, 4.69) is 26.8 Å². The highest BCUT2D eigenvalue weighted by Gasteiger charge is 2.24. The van der Waals surface area contributed by atoms with Gasteiger partial charge in [-0.25, -0.2) is 0 Å². The number of nitrogen functional groups attached to an aromatic ring is 1. The van der Waals surface area contributed by atoms with Gasteiger partial charge in [0.1, 0.15) is 5.75 Å². The maximum atomic E-state index is 6.47. The highest BCUT2D eigenvalue weighted by Crippen LogP contribution is 2.44. The van der Waals surface area contributed by atoms with Gasteiger partial charge in [-0.2, -0.15) is 0 Å². The quantitative estimate of drug-likeness (QED) is 0.850. The molecule has 110 valence electrons. The van der Waals surface area contributed by atoms with Gasteiger partial charge in [-0.3, -0.25) is 0 Å². The van der Waals surface area contributed by atoms with Crippen LogP contribution in [-0.4, -0.2) is 7.11 Å². The second-order valence-electron chi connectivity index (χ2n) is 5.64. The first-order chi connectivity index (χ1) is 10.1. The molecule has 1 aliphatic rings. The summed E-state index contributed by atoms with van der Waals surface area (Å²) in [7, 11) is 1.70. The first-order valence-corrected chi connectivity index (χ1v) is 7.18. The van der Waals surface area contributed by atoms with Crippen molar-refractivity contribution in [1.82, 2.24) is 0 Å². The van der Waals surface area contributed by atoms with Crippen LogP contribution in [-0.2, 0) is 18.0 Å². The fourth-order valence-corrected chi connectivity index (χ4v) is 3.25. The van der Waals surface area contributed by atoms with Crippen LogP contribution < -0.4 is 10.5 Å². The van der Waals surface area contributed by atoms with E-state index in [4.69, 9.17) is 15.2 Å². The number of ether oxygens (including phenoxy) is 2. The molecule has 2 N–H and O–H groups in total. The summed E-state index contributed by atoms with van der Waals surface area (Å²) in [6, 6.07) is 6.09. The zero-order valence-electron chi connectivity index (χ0n) is 13.0. The van der Waals surface area contributed by atoms with Crippen molar-refractivity contribution < 1.29 is 9.47 Å². The van der Waals surface area contributed by atoms with Crippen LogP contribution in [0.3, 0.4) is 0 Å². The normalized spacial score (nSPS) is 13.3. The number of aryl methyl sites for hydroxylation is 1. The number of fused-ring (bicyclic) bond motifs is 1. The summed E-state index contributed by atoms with van der Waals surface area (Å²) in [4.78, 5) is 0. The molecule has 0 saturated heterocycles. The highest BCUT2D eigenvalue weighted by atomic mass is 16.5. The minimum atomic E-state index is 0.664. The van der Waals surface area contributed by atoms with E-state index >= 15 is 0 Å². The van der Waals surface area contributed by atoms with Gasteiger partial charge in [-0.1, -0.05) is 12.1 Å². The number of hydrogen-bond acceptors (Lipinski definition) is 3. The summed E-state index contributed by atoms with van der Waals surface area (Å²) in [6.45, 7) is 7.64.